The van der Waals surface area contributed by atoms with E-state index in [1.807, 2.05) is 12.3 Å². The second-order valence-electron chi connectivity index (χ2n) is 6.15. The smallest absolute Gasteiger partial charge is 0.261 e. The highest BCUT2D eigenvalue weighted by Gasteiger charge is 2.14. The van der Waals surface area contributed by atoms with Crippen LogP contribution >= 0.6 is 11.3 Å². The van der Waals surface area contributed by atoms with Gasteiger partial charge in [-0.25, -0.2) is 9.37 Å². The maximum atomic E-state index is 13.0. The lowest BCUT2D eigenvalue weighted by atomic mass is 10.2. The number of carbonyl (C=O) groups is 1. The van der Waals surface area contributed by atoms with Crippen molar-refractivity contribution in [3.05, 3.63) is 64.8 Å². The van der Waals surface area contributed by atoms with Gasteiger partial charge in [-0.15, -0.1) is 11.3 Å². The number of benzene rings is 1. The van der Waals surface area contributed by atoms with Crippen LogP contribution in [0.25, 0.3) is 10.4 Å². The number of nitrogens with zero attached hydrogens (tertiary/aromatic N) is 2. The molecule has 4 rings (SSSR count). The highest BCUT2D eigenvalue weighted by molar-refractivity contribution is 7.17. The van der Waals surface area contributed by atoms with Crippen molar-refractivity contribution in [2.75, 3.05) is 0 Å². The van der Waals surface area contributed by atoms with E-state index in [-0.39, 0.29) is 11.7 Å². The second-order valence-corrected chi connectivity index (χ2v) is 7.24. The SMILES string of the molecule is O=C(NCc1cn2c(n1)CCCC2)c1ccc(-c2ccc(F)cc2)s1. The van der Waals surface area contributed by atoms with Gasteiger partial charge < -0.3 is 9.88 Å². The van der Waals surface area contributed by atoms with E-state index in [0.717, 1.165) is 34.9 Å². The molecule has 0 saturated heterocycles. The van der Waals surface area contributed by atoms with Crippen LogP contribution in [0.15, 0.2) is 42.6 Å². The second kappa shape index (κ2) is 6.80. The quantitative estimate of drug-likeness (QED) is 0.768. The van der Waals surface area contributed by atoms with E-state index < -0.39 is 0 Å². The van der Waals surface area contributed by atoms with Crippen LogP contribution < -0.4 is 5.32 Å². The van der Waals surface area contributed by atoms with Crippen LogP contribution in [-0.4, -0.2) is 15.5 Å². The molecule has 4 nitrogen and oxygen atoms in total. The minimum Gasteiger partial charge on any atom is -0.346 e. The van der Waals surface area contributed by atoms with E-state index in [2.05, 4.69) is 14.9 Å². The number of rotatable bonds is 4. The topological polar surface area (TPSA) is 46.9 Å². The Morgan fingerprint density at radius 2 is 2.04 bits per heavy atom. The van der Waals surface area contributed by atoms with Crippen molar-refractivity contribution in [3.8, 4) is 10.4 Å². The molecular formula is C19H18FN3OS. The third kappa shape index (κ3) is 3.49. The lowest BCUT2D eigenvalue weighted by molar-refractivity contribution is 0.0954. The minimum absolute atomic E-state index is 0.107. The summed E-state index contributed by atoms with van der Waals surface area (Å²) < 4.78 is 15.2. The first-order chi connectivity index (χ1) is 12.2. The highest BCUT2D eigenvalue weighted by atomic mass is 32.1. The van der Waals surface area contributed by atoms with Gasteiger partial charge in [0, 0.05) is 24.0 Å². The molecule has 0 aliphatic carbocycles. The normalized spacial score (nSPS) is 13.5. The highest BCUT2D eigenvalue weighted by Crippen LogP contribution is 2.28. The van der Waals surface area contributed by atoms with Crippen LogP contribution in [-0.2, 0) is 19.5 Å². The van der Waals surface area contributed by atoms with Gasteiger partial charge in [-0.3, -0.25) is 4.79 Å². The van der Waals surface area contributed by atoms with E-state index in [0.29, 0.717) is 11.4 Å². The molecule has 128 valence electrons. The van der Waals surface area contributed by atoms with Crippen LogP contribution in [0.3, 0.4) is 0 Å². The molecule has 3 heterocycles. The molecule has 0 fully saturated rings. The third-order valence-corrected chi connectivity index (χ3v) is 5.48. The van der Waals surface area contributed by atoms with Gasteiger partial charge in [-0.05, 0) is 42.7 Å². The summed E-state index contributed by atoms with van der Waals surface area (Å²) in [5, 5.41) is 2.93. The number of fused-ring (bicyclic) bond motifs is 1. The van der Waals surface area contributed by atoms with Crippen molar-refractivity contribution >= 4 is 17.2 Å². The number of imidazole rings is 1. The van der Waals surface area contributed by atoms with E-state index in [1.165, 1.54) is 36.3 Å². The van der Waals surface area contributed by atoms with Crippen molar-refractivity contribution in [1.29, 1.82) is 0 Å². The number of nitrogens with one attached hydrogen (secondary N) is 1. The molecule has 0 radical (unpaired) electrons. The first kappa shape index (κ1) is 16.0. The number of halogens is 1. The van der Waals surface area contributed by atoms with Gasteiger partial charge in [-0.2, -0.15) is 0 Å². The fraction of sp³-hybridized carbons (Fsp3) is 0.263. The van der Waals surface area contributed by atoms with Gasteiger partial charge in [0.1, 0.15) is 11.6 Å². The molecule has 0 unspecified atom stereocenters. The third-order valence-electron chi connectivity index (χ3n) is 4.35. The summed E-state index contributed by atoms with van der Waals surface area (Å²) in [5.74, 6) is 0.746. The molecule has 1 aliphatic heterocycles. The van der Waals surface area contributed by atoms with Gasteiger partial charge in [0.25, 0.3) is 5.91 Å². The summed E-state index contributed by atoms with van der Waals surface area (Å²) in [7, 11) is 0. The van der Waals surface area contributed by atoms with Gasteiger partial charge in [0.2, 0.25) is 0 Å². The summed E-state index contributed by atoms with van der Waals surface area (Å²) in [5.41, 5.74) is 1.81. The summed E-state index contributed by atoms with van der Waals surface area (Å²) in [6.45, 7) is 1.45. The maximum absolute atomic E-state index is 13.0. The Morgan fingerprint density at radius 1 is 1.20 bits per heavy atom. The van der Waals surface area contributed by atoms with Crippen molar-refractivity contribution in [2.45, 2.75) is 32.4 Å². The summed E-state index contributed by atoms with van der Waals surface area (Å²) >= 11 is 1.40. The van der Waals surface area contributed by atoms with E-state index in [4.69, 9.17) is 0 Å². The van der Waals surface area contributed by atoms with Gasteiger partial charge in [0.05, 0.1) is 17.1 Å². The van der Waals surface area contributed by atoms with Crippen LogP contribution in [0.2, 0.25) is 0 Å². The number of aryl methyl sites for hydroxylation is 2. The van der Waals surface area contributed by atoms with Crippen LogP contribution in [0.4, 0.5) is 4.39 Å². The number of hydrogen-bond acceptors (Lipinski definition) is 3. The Morgan fingerprint density at radius 3 is 2.84 bits per heavy atom. The molecule has 1 aliphatic rings. The zero-order chi connectivity index (χ0) is 17.2. The Labute approximate surface area is 149 Å². The van der Waals surface area contributed by atoms with Crippen LogP contribution in [0.1, 0.15) is 34.0 Å². The number of aromatic nitrogens is 2. The van der Waals surface area contributed by atoms with Crippen molar-refractivity contribution in [1.82, 2.24) is 14.9 Å². The minimum atomic E-state index is -0.263. The number of amides is 1. The zero-order valence-electron chi connectivity index (χ0n) is 13.7. The van der Waals surface area contributed by atoms with Gasteiger partial charge in [-0.1, -0.05) is 12.1 Å². The zero-order valence-corrected chi connectivity index (χ0v) is 14.5. The predicted molar refractivity (Wildman–Crippen MR) is 96.0 cm³/mol. The number of carbonyl (C=O) groups excluding carboxylic acids is 1. The first-order valence-corrected chi connectivity index (χ1v) is 9.19. The molecule has 0 spiro atoms. The number of thiophene rings is 1. The fourth-order valence-electron chi connectivity index (χ4n) is 3.04. The standard InChI is InChI=1S/C19H18FN3OS/c20-14-6-4-13(5-7-14)16-8-9-17(25-16)19(24)21-11-15-12-23-10-2-1-3-18(23)22-15/h4-9,12H,1-3,10-11H2,(H,21,24). The molecule has 0 bridgehead atoms. The molecule has 2 aromatic heterocycles. The Bertz CT molecular complexity index is 874. The van der Waals surface area contributed by atoms with Crippen molar-refractivity contribution in [3.63, 3.8) is 0 Å². The van der Waals surface area contributed by atoms with Crippen molar-refractivity contribution in [2.24, 2.45) is 0 Å². The lowest BCUT2D eigenvalue weighted by Gasteiger charge is -2.11. The van der Waals surface area contributed by atoms with E-state index in [9.17, 15) is 9.18 Å². The molecule has 6 heteroatoms. The molecule has 3 aromatic rings. The van der Waals surface area contributed by atoms with E-state index in [1.54, 1.807) is 18.2 Å². The molecule has 25 heavy (non-hydrogen) atoms. The molecule has 0 saturated carbocycles. The fourth-order valence-corrected chi connectivity index (χ4v) is 3.97. The largest absolute Gasteiger partial charge is 0.346 e. The van der Waals surface area contributed by atoms with E-state index >= 15 is 0 Å². The predicted octanol–water partition coefficient (Wildman–Crippen LogP) is 4.02. The molecule has 1 aromatic carbocycles. The average molecular weight is 355 g/mol. The monoisotopic (exact) mass is 355 g/mol. The van der Waals surface area contributed by atoms with Crippen molar-refractivity contribution < 1.29 is 9.18 Å². The summed E-state index contributed by atoms with van der Waals surface area (Å²) in [4.78, 5) is 18.5. The summed E-state index contributed by atoms with van der Waals surface area (Å²) in [6.07, 6.45) is 5.42. The summed E-state index contributed by atoms with van der Waals surface area (Å²) in [6, 6.07) is 9.99. The molecule has 1 N–H and O–H groups in total. The lowest BCUT2D eigenvalue weighted by Crippen LogP contribution is -2.21. The Kier molecular flexibility index (Phi) is 4.36. The Balaban J connectivity index is 1.41. The average Bonchev–Trinajstić information content (AvgIpc) is 3.27. The van der Waals surface area contributed by atoms with Gasteiger partial charge in [0.15, 0.2) is 0 Å². The van der Waals surface area contributed by atoms with Crippen LogP contribution in [0, 0.1) is 5.82 Å². The molecule has 1 amide bonds. The molecule has 0 atom stereocenters. The molecular weight excluding hydrogens is 337 g/mol. The van der Waals surface area contributed by atoms with Gasteiger partial charge >= 0.3 is 0 Å². The number of hydrogen-bond donors (Lipinski definition) is 1. The Hall–Kier alpha value is -2.47. The van der Waals surface area contributed by atoms with Crippen LogP contribution in [0.5, 0.6) is 0 Å². The maximum Gasteiger partial charge on any atom is 0.261 e. The first-order valence-electron chi connectivity index (χ1n) is 8.38.